The van der Waals surface area contributed by atoms with E-state index in [4.69, 9.17) is 14.5 Å². The maximum atomic E-state index is 12.7. The van der Waals surface area contributed by atoms with Crippen LogP contribution in [0.1, 0.15) is 52.6 Å². The van der Waals surface area contributed by atoms with Crippen LogP contribution in [0, 0.1) is 5.41 Å². The predicted molar refractivity (Wildman–Crippen MR) is 122 cm³/mol. The van der Waals surface area contributed by atoms with E-state index < -0.39 is 11.0 Å². The zero-order valence-corrected chi connectivity index (χ0v) is 19.8. The summed E-state index contributed by atoms with van der Waals surface area (Å²) in [7, 11) is 0. The molecule has 0 aliphatic carbocycles. The van der Waals surface area contributed by atoms with Crippen molar-refractivity contribution in [2.75, 3.05) is 25.1 Å². The maximum Gasteiger partial charge on any atom is 0.411 e. The fraction of sp³-hybridized carbons (Fsp3) is 0.522. The number of morpholine rings is 1. The van der Waals surface area contributed by atoms with Crippen LogP contribution in [0.25, 0.3) is 11.3 Å². The molecular weight excluding hydrogens is 414 g/mol. The smallest absolute Gasteiger partial charge is 0.411 e. The second-order valence-corrected chi connectivity index (χ2v) is 10.5. The Morgan fingerprint density at radius 2 is 1.84 bits per heavy atom. The van der Waals surface area contributed by atoms with Crippen LogP contribution in [0.3, 0.4) is 0 Å². The van der Waals surface area contributed by atoms with Gasteiger partial charge in [0.1, 0.15) is 16.7 Å². The number of thiazole rings is 1. The summed E-state index contributed by atoms with van der Waals surface area (Å²) in [5, 5.41) is 5.71. The molecule has 0 bridgehead atoms. The predicted octanol–water partition coefficient (Wildman–Crippen LogP) is 5.10. The van der Waals surface area contributed by atoms with Gasteiger partial charge in [-0.25, -0.2) is 9.78 Å². The third-order valence-electron chi connectivity index (χ3n) is 4.68. The van der Waals surface area contributed by atoms with E-state index in [1.165, 1.54) is 11.3 Å². The summed E-state index contributed by atoms with van der Waals surface area (Å²) in [6.07, 6.45) is -0.350. The molecule has 7 nitrogen and oxygen atoms in total. The Hall–Kier alpha value is -2.45. The van der Waals surface area contributed by atoms with Gasteiger partial charge in [-0.05, 0) is 32.9 Å². The first-order valence-corrected chi connectivity index (χ1v) is 11.3. The molecule has 1 atom stereocenters. The van der Waals surface area contributed by atoms with Gasteiger partial charge in [-0.15, -0.1) is 11.3 Å². The highest BCUT2D eigenvalue weighted by Crippen LogP contribution is 2.32. The van der Waals surface area contributed by atoms with Crippen LogP contribution in [0.2, 0.25) is 0 Å². The molecule has 8 heteroatoms. The number of rotatable bonds is 3. The second-order valence-electron chi connectivity index (χ2n) is 9.62. The normalized spacial score (nSPS) is 17.4. The van der Waals surface area contributed by atoms with Crippen molar-refractivity contribution in [3.05, 3.63) is 34.7 Å². The van der Waals surface area contributed by atoms with E-state index in [1.807, 2.05) is 71.2 Å². The number of hydrogen-bond acceptors (Lipinski definition) is 6. The van der Waals surface area contributed by atoms with Crippen LogP contribution in [0.5, 0.6) is 0 Å². The number of hydrogen-bond donors (Lipinski definition) is 1. The fourth-order valence-corrected chi connectivity index (χ4v) is 3.89. The number of nitrogens with one attached hydrogen (secondary N) is 1. The molecule has 2 heterocycles. The van der Waals surface area contributed by atoms with Crippen molar-refractivity contribution in [3.63, 3.8) is 0 Å². The Kier molecular flexibility index (Phi) is 6.71. The van der Waals surface area contributed by atoms with Crippen molar-refractivity contribution in [1.29, 1.82) is 0 Å². The molecule has 0 radical (unpaired) electrons. The summed E-state index contributed by atoms with van der Waals surface area (Å²) >= 11 is 1.50. The van der Waals surface area contributed by atoms with Gasteiger partial charge in [0.2, 0.25) is 5.91 Å². The van der Waals surface area contributed by atoms with Gasteiger partial charge in [0, 0.05) is 28.6 Å². The van der Waals surface area contributed by atoms with Crippen molar-refractivity contribution in [3.8, 4) is 11.3 Å². The first-order chi connectivity index (χ1) is 14.4. The van der Waals surface area contributed by atoms with Gasteiger partial charge >= 0.3 is 6.09 Å². The molecule has 1 aliphatic rings. The molecule has 1 aromatic heterocycles. The van der Waals surface area contributed by atoms with Crippen LogP contribution < -0.4 is 5.32 Å². The van der Waals surface area contributed by atoms with E-state index in [-0.39, 0.29) is 18.0 Å². The van der Waals surface area contributed by atoms with Gasteiger partial charge < -0.3 is 14.8 Å². The minimum atomic E-state index is -0.557. The Labute approximate surface area is 187 Å². The Bertz CT molecular complexity index is 926. The number of carbonyl (C=O) groups excluding carboxylic acids is 2. The molecule has 0 spiro atoms. The van der Waals surface area contributed by atoms with E-state index in [1.54, 1.807) is 4.90 Å². The topological polar surface area (TPSA) is 80.8 Å². The highest BCUT2D eigenvalue weighted by atomic mass is 32.1. The summed E-state index contributed by atoms with van der Waals surface area (Å²) in [4.78, 5) is 31.3. The van der Waals surface area contributed by atoms with Crippen molar-refractivity contribution in [2.45, 2.75) is 53.2 Å². The average Bonchev–Trinajstić information content (AvgIpc) is 3.16. The Morgan fingerprint density at radius 1 is 1.16 bits per heavy atom. The van der Waals surface area contributed by atoms with Crippen LogP contribution in [-0.4, -0.2) is 47.2 Å². The number of anilines is 1. The van der Waals surface area contributed by atoms with Gasteiger partial charge in [0.05, 0.1) is 18.9 Å². The zero-order valence-electron chi connectivity index (χ0n) is 19.0. The van der Waals surface area contributed by atoms with Crippen LogP contribution in [-0.2, 0) is 14.3 Å². The lowest BCUT2D eigenvalue weighted by Gasteiger charge is -2.35. The number of carbonyl (C=O) groups is 2. The quantitative estimate of drug-likeness (QED) is 0.711. The third-order valence-corrected chi connectivity index (χ3v) is 5.63. The lowest BCUT2D eigenvalue weighted by Crippen LogP contribution is -2.45. The summed E-state index contributed by atoms with van der Waals surface area (Å²) in [6.45, 7) is 12.5. The Morgan fingerprint density at radius 3 is 2.45 bits per heavy atom. The van der Waals surface area contributed by atoms with Crippen LogP contribution in [0.4, 0.5) is 10.5 Å². The minimum absolute atomic E-state index is 0.0317. The van der Waals surface area contributed by atoms with E-state index in [2.05, 4.69) is 5.32 Å². The van der Waals surface area contributed by atoms with Gasteiger partial charge in [0.15, 0.2) is 0 Å². The number of amides is 2. The van der Waals surface area contributed by atoms with E-state index in [9.17, 15) is 9.59 Å². The molecule has 2 aromatic rings. The molecule has 31 heavy (non-hydrogen) atoms. The molecule has 1 aliphatic heterocycles. The lowest BCUT2D eigenvalue weighted by molar-refractivity contribution is -0.123. The number of nitrogens with zero attached hydrogens (tertiary/aromatic N) is 2. The molecule has 0 saturated carbocycles. The van der Waals surface area contributed by atoms with Gasteiger partial charge in [-0.3, -0.25) is 9.69 Å². The van der Waals surface area contributed by atoms with E-state index in [0.29, 0.717) is 19.8 Å². The van der Waals surface area contributed by atoms with Gasteiger partial charge in [0.25, 0.3) is 0 Å². The largest absolute Gasteiger partial charge is 0.444 e. The summed E-state index contributed by atoms with van der Waals surface area (Å²) in [6, 6.07) is 7.33. The summed E-state index contributed by atoms with van der Waals surface area (Å²) in [5.41, 5.74) is 1.50. The number of benzene rings is 1. The van der Waals surface area contributed by atoms with Gasteiger partial charge in [-0.1, -0.05) is 32.9 Å². The molecule has 1 saturated heterocycles. The van der Waals surface area contributed by atoms with Crippen molar-refractivity contribution < 1.29 is 19.1 Å². The first-order valence-electron chi connectivity index (χ1n) is 10.4. The van der Waals surface area contributed by atoms with Crippen molar-refractivity contribution >= 4 is 29.0 Å². The first kappa shape index (κ1) is 23.2. The Balaban J connectivity index is 1.74. The molecule has 1 aromatic carbocycles. The van der Waals surface area contributed by atoms with E-state index >= 15 is 0 Å². The molecule has 3 rings (SSSR count). The molecule has 1 N–H and O–H groups in total. The maximum absolute atomic E-state index is 12.7. The fourth-order valence-electron chi connectivity index (χ4n) is 2.96. The monoisotopic (exact) mass is 445 g/mol. The van der Waals surface area contributed by atoms with Crippen LogP contribution >= 0.6 is 11.3 Å². The molecular formula is C23H31N3O4S. The zero-order chi connectivity index (χ0) is 22.8. The average molecular weight is 446 g/mol. The van der Waals surface area contributed by atoms with E-state index in [0.717, 1.165) is 22.0 Å². The van der Waals surface area contributed by atoms with Crippen molar-refractivity contribution in [2.24, 2.45) is 5.41 Å². The molecule has 1 unspecified atom stereocenters. The standard InChI is InChI=1S/C23H31N3O4S/c1-22(2,3)20(27)24-16-9-7-15(8-10-16)17-14-31-19(25-17)18-13-29-12-11-26(18)21(28)30-23(4,5)6/h7-10,14,18H,11-13H2,1-6H3,(H,24,27). The third kappa shape index (κ3) is 6.04. The van der Waals surface area contributed by atoms with Gasteiger partial charge in [-0.2, -0.15) is 0 Å². The highest BCUT2D eigenvalue weighted by molar-refractivity contribution is 7.10. The second kappa shape index (κ2) is 8.96. The number of aromatic nitrogens is 1. The molecule has 1 fully saturated rings. The lowest BCUT2D eigenvalue weighted by atomic mass is 9.95. The molecule has 168 valence electrons. The number of ether oxygens (including phenoxy) is 2. The SMILES string of the molecule is CC(C)(C)OC(=O)N1CCOCC1c1nc(-c2ccc(NC(=O)C(C)(C)C)cc2)cs1. The summed E-state index contributed by atoms with van der Waals surface area (Å²) in [5.74, 6) is -0.0317. The molecule has 2 amide bonds. The minimum Gasteiger partial charge on any atom is -0.444 e. The van der Waals surface area contributed by atoms with Crippen molar-refractivity contribution in [1.82, 2.24) is 9.88 Å². The van der Waals surface area contributed by atoms with Crippen LogP contribution in [0.15, 0.2) is 29.6 Å². The highest BCUT2D eigenvalue weighted by Gasteiger charge is 2.33. The summed E-state index contributed by atoms with van der Waals surface area (Å²) < 4.78 is 11.2.